The number of hydrogen-bond acceptors (Lipinski definition) is 6. The predicted molar refractivity (Wildman–Crippen MR) is 111 cm³/mol. The quantitative estimate of drug-likeness (QED) is 0.736. The van der Waals surface area contributed by atoms with Gasteiger partial charge in [0, 0.05) is 17.4 Å². The van der Waals surface area contributed by atoms with Crippen molar-refractivity contribution >= 4 is 29.1 Å². The van der Waals surface area contributed by atoms with Crippen LogP contribution < -0.4 is 9.64 Å². The van der Waals surface area contributed by atoms with Gasteiger partial charge in [-0.05, 0) is 30.4 Å². The van der Waals surface area contributed by atoms with Crippen molar-refractivity contribution in [2.24, 2.45) is 4.99 Å². The summed E-state index contributed by atoms with van der Waals surface area (Å²) in [6.45, 7) is 4.23. The van der Waals surface area contributed by atoms with E-state index in [1.54, 1.807) is 24.4 Å². The highest BCUT2D eigenvalue weighted by atomic mass is 16.5. The molecule has 0 amide bonds. The summed E-state index contributed by atoms with van der Waals surface area (Å²) >= 11 is 0. The molecule has 0 radical (unpaired) electrons. The maximum Gasteiger partial charge on any atom is 0.166 e. The Labute approximate surface area is 162 Å². The van der Waals surface area contributed by atoms with Crippen LogP contribution in [0, 0.1) is 0 Å². The Morgan fingerprint density at radius 3 is 2.68 bits per heavy atom. The van der Waals surface area contributed by atoms with Gasteiger partial charge in [0.15, 0.2) is 17.3 Å². The second kappa shape index (κ2) is 7.36. The third-order valence-corrected chi connectivity index (χ3v) is 4.40. The zero-order valence-corrected chi connectivity index (χ0v) is 15.3. The molecule has 3 aromatic rings. The van der Waals surface area contributed by atoms with Crippen molar-refractivity contribution in [1.82, 2.24) is 9.97 Å². The number of phenolic OH excluding ortho intramolecular Hbond substituents is 1. The lowest BCUT2D eigenvalue weighted by atomic mass is 10.1. The zero-order valence-electron chi connectivity index (χ0n) is 15.3. The van der Waals surface area contributed by atoms with Crippen LogP contribution in [0.5, 0.6) is 11.5 Å². The molecule has 0 aliphatic carbocycles. The minimum Gasteiger partial charge on any atom is -0.504 e. The molecule has 1 N–H and O–H groups in total. The molecule has 4 rings (SSSR count). The second-order valence-corrected chi connectivity index (χ2v) is 6.08. The molecule has 0 bridgehead atoms. The molecule has 1 aliphatic heterocycles. The number of methoxy groups -OCH3 is 1. The van der Waals surface area contributed by atoms with Crippen LogP contribution >= 0.6 is 0 Å². The summed E-state index contributed by atoms with van der Waals surface area (Å²) in [6, 6.07) is 15.1. The first kappa shape index (κ1) is 17.5. The third-order valence-electron chi connectivity index (χ3n) is 4.40. The zero-order chi connectivity index (χ0) is 19.5. The van der Waals surface area contributed by atoms with E-state index in [0.717, 1.165) is 16.9 Å². The number of anilines is 1. The molecule has 0 spiro atoms. The lowest BCUT2D eigenvalue weighted by Gasteiger charge is -2.30. The van der Waals surface area contributed by atoms with Gasteiger partial charge in [-0.3, -0.25) is 4.90 Å². The lowest BCUT2D eigenvalue weighted by molar-refractivity contribution is 0.373. The number of rotatable bonds is 4. The SMILES string of the molecule is C=C1c2cncnc2N=C(/C=C/c2cccc(OC)c2O)N1c1ccccc1. The number of hydrogen-bond donors (Lipinski definition) is 1. The van der Waals surface area contributed by atoms with Crippen LogP contribution in [-0.2, 0) is 0 Å². The Balaban J connectivity index is 1.80. The number of amidine groups is 1. The Morgan fingerprint density at radius 1 is 1.07 bits per heavy atom. The van der Waals surface area contributed by atoms with Gasteiger partial charge in [-0.2, -0.15) is 0 Å². The Bertz CT molecular complexity index is 1090. The average Bonchev–Trinajstić information content (AvgIpc) is 2.74. The van der Waals surface area contributed by atoms with Crippen molar-refractivity contribution in [3.8, 4) is 11.5 Å². The van der Waals surface area contributed by atoms with Crippen LogP contribution in [0.25, 0.3) is 11.8 Å². The van der Waals surface area contributed by atoms with Crippen LogP contribution in [0.15, 0.2) is 78.7 Å². The minimum absolute atomic E-state index is 0.0745. The molecule has 1 aliphatic rings. The molecule has 138 valence electrons. The summed E-state index contributed by atoms with van der Waals surface area (Å²) in [6.07, 6.45) is 6.77. The fourth-order valence-corrected chi connectivity index (χ4v) is 3.01. The van der Waals surface area contributed by atoms with E-state index in [1.165, 1.54) is 13.4 Å². The summed E-state index contributed by atoms with van der Waals surface area (Å²) < 4.78 is 5.18. The molecular formula is C22H18N4O2. The topological polar surface area (TPSA) is 70.8 Å². The third kappa shape index (κ3) is 3.12. The largest absolute Gasteiger partial charge is 0.504 e. The molecule has 0 saturated carbocycles. The van der Waals surface area contributed by atoms with E-state index in [1.807, 2.05) is 47.4 Å². The van der Waals surface area contributed by atoms with Crippen LogP contribution in [0.4, 0.5) is 11.5 Å². The van der Waals surface area contributed by atoms with Crippen molar-refractivity contribution in [3.05, 3.63) is 84.8 Å². The number of phenols is 1. The molecular weight excluding hydrogens is 352 g/mol. The standard InChI is InChI=1S/C22H18N4O2/c1-15-18-13-23-14-24-22(18)25-20(26(15)17-8-4-3-5-9-17)12-11-16-7-6-10-19(28-2)21(16)27/h3-14,27H,1H2,2H3/b12-11+. The number of ether oxygens (including phenoxy) is 1. The summed E-state index contributed by atoms with van der Waals surface area (Å²) in [5.74, 6) is 1.67. The number of aromatic nitrogens is 2. The first-order chi connectivity index (χ1) is 13.7. The van der Waals surface area contributed by atoms with Gasteiger partial charge < -0.3 is 9.84 Å². The molecule has 0 fully saturated rings. The summed E-state index contributed by atoms with van der Waals surface area (Å²) in [5.41, 5.74) is 3.04. The monoisotopic (exact) mass is 370 g/mol. The van der Waals surface area contributed by atoms with Gasteiger partial charge in [-0.15, -0.1) is 0 Å². The Hall–Kier alpha value is -3.93. The normalized spacial score (nSPS) is 13.4. The molecule has 6 nitrogen and oxygen atoms in total. The van der Waals surface area contributed by atoms with E-state index in [-0.39, 0.29) is 5.75 Å². The fraction of sp³-hybridized carbons (Fsp3) is 0.0455. The van der Waals surface area contributed by atoms with Crippen LogP contribution in [0.2, 0.25) is 0 Å². The van der Waals surface area contributed by atoms with Gasteiger partial charge >= 0.3 is 0 Å². The molecule has 2 heterocycles. The van der Waals surface area contributed by atoms with E-state index in [0.29, 0.717) is 23.0 Å². The highest BCUT2D eigenvalue weighted by molar-refractivity contribution is 6.18. The Morgan fingerprint density at radius 2 is 1.89 bits per heavy atom. The average molecular weight is 370 g/mol. The molecule has 1 aromatic heterocycles. The molecule has 0 atom stereocenters. The Kier molecular flexibility index (Phi) is 4.60. The summed E-state index contributed by atoms with van der Waals surface area (Å²) in [5, 5.41) is 10.3. The lowest BCUT2D eigenvalue weighted by Crippen LogP contribution is -2.30. The van der Waals surface area contributed by atoms with E-state index in [2.05, 4.69) is 21.5 Å². The van der Waals surface area contributed by atoms with E-state index >= 15 is 0 Å². The maximum atomic E-state index is 10.3. The van der Waals surface area contributed by atoms with E-state index in [4.69, 9.17) is 4.74 Å². The van der Waals surface area contributed by atoms with Crippen LogP contribution in [0.3, 0.4) is 0 Å². The molecule has 28 heavy (non-hydrogen) atoms. The van der Waals surface area contributed by atoms with Crippen molar-refractivity contribution in [2.75, 3.05) is 12.0 Å². The molecule has 6 heteroatoms. The maximum absolute atomic E-state index is 10.3. The fourth-order valence-electron chi connectivity index (χ4n) is 3.01. The van der Waals surface area contributed by atoms with Crippen molar-refractivity contribution < 1.29 is 9.84 Å². The molecule has 0 saturated heterocycles. The van der Waals surface area contributed by atoms with Gasteiger partial charge in [0.25, 0.3) is 0 Å². The first-order valence-corrected chi connectivity index (χ1v) is 8.66. The number of aliphatic imine (C=N–C) groups is 1. The van der Waals surface area contributed by atoms with Gasteiger partial charge in [-0.1, -0.05) is 36.9 Å². The molecule has 2 aromatic carbocycles. The highest BCUT2D eigenvalue weighted by Crippen LogP contribution is 2.35. The van der Waals surface area contributed by atoms with Crippen molar-refractivity contribution in [3.63, 3.8) is 0 Å². The van der Waals surface area contributed by atoms with Gasteiger partial charge in [0.1, 0.15) is 12.2 Å². The van der Waals surface area contributed by atoms with Crippen molar-refractivity contribution in [2.45, 2.75) is 0 Å². The van der Waals surface area contributed by atoms with Gasteiger partial charge in [-0.25, -0.2) is 15.0 Å². The van der Waals surface area contributed by atoms with Crippen molar-refractivity contribution in [1.29, 1.82) is 0 Å². The van der Waals surface area contributed by atoms with Gasteiger partial charge in [0.2, 0.25) is 0 Å². The van der Waals surface area contributed by atoms with E-state index in [9.17, 15) is 5.11 Å². The van der Waals surface area contributed by atoms with Crippen LogP contribution in [0.1, 0.15) is 11.1 Å². The highest BCUT2D eigenvalue weighted by Gasteiger charge is 2.24. The number of nitrogens with zero attached hydrogens (tertiary/aromatic N) is 4. The van der Waals surface area contributed by atoms with E-state index < -0.39 is 0 Å². The number of fused-ring (bicyclic) bond motifs is 1. The minimum atomic E-state index is 0.0745. The smallest absolute Gasteiger partial charge is 0.166 e. The first-order valence-electron chi connectivity index (χ1n) is 8.66. The van der Waals surface area contributed by atoms with Gasteiger partial charge in [0.05, 0.1) is 18.4 Å². The predicted octanol–water partition coefficient (Wildman–Crippen LogP) is 4.43. The summed E-state index contributed by atoms with van der Waals surface area (Å²) in [7, 11) is 1.52. The van der Waals surface area contributed by atoms with Crippen LogP contribution in [-0.4, -0.2) is 28.0 Å². The number of para-hydroxylation sites is 2. The number of benzene rings is 2. The second-order valence-electron chi connectivity index (χ2n) is 6.08. The summed E-state index contributed by atoms with van der Waals surface area (Å²) in [4.78, 5) is 15.0. The number of aromatic hydroxyl groups is 1. The molecule has 0 unspecified atom stereocenters.